The van der Waals surface area contributed by atoms with Gasteiger partial charge in [0, 0.05) is 18.8 Å². The van der Waals surface area contributed by atoms with Gasteiger partial charge in [-0.2, -0.15) is 4.31 Å². The molecule has 0 saturated carbocycles. The normalized spacial score (nSPS) is 16.0. The number of anilines is 1. The third-order valence-corrected chi connectivity index (χ3v) is 6.52. The summed E-state index contributed by atoms with van der Waals surface area (Å²) in [6, 6.07) is 11.7. The van der Waals surface area contributed by atoms with Crippen LogP contribution in [0.5, 0.6) is 0 Å². The third-order valence-electron chi connectivity index (χ3n) is 4.71. The van der Waals surface area contributed by atoms with Crippen molar-refractivity contribution in [1.82, 2.24) is 4.31 Å². The quantitative estimate of drug-likeness (QED) is 0.667. The van der Waals surface area contributed by atoms with Gasteiger partial charge in [0.25, 0.3) is 5.91 Å². The number of amides is 1. The second-order valence-electron chi connectivity index (χ2n) is 6.82. The molecule has 0 radical (unpaired) electrons. The number of sulfonamides is 1. The topological polar surface area (TPSA) is 84.0 Å². The van der Waals surface area contributed by atoms with Crippen LogP contribution in [0.25, 0.3) is 0 Å². The highest BCUT2D eigenvalue weighted by Gasteiger charge is 2.31. The molecule has 1 amide bonds. The van der Waals surface area contributed by atoms with Crippen LogP contribution in [0.4, 0.5) is 10.1 Å². The number of fused-ring (bicyclic) bond motifs is 1. The van der Waals surface area contributed by atoms with Crippen molar-refractivity contribution in [3.63, 3.8) is 0 Å². The highest BCUT2D eigenvalue weighted by molar-refractivity contribution is 7.89. The molecule has 3 rings (SSSR count). The van der Waals surface area contributed by atoms with Crippen molar-refractivity contribution in [2.45, 2.75) is 24.3 Å². The number of carbonyl (C=O) groups is 2. The molecule has 0 N–H and O–H groups in total. The predicted molar refractivity (Wildman–Crippen MR) is 104 cm³/mol. The molecule has 0 spiro atoms. The second kappa shape index (κ2) is 8.30. The Kier molecular flexibility index (Phi) is 5.99. The predicted octanol–water partition coefficient (Wildman–Crippen LogP) is 1.97. The van der Waals surface area contributed by atoms with Gasteiger partial charge in [0.2, 0.25) is 10.0 Å². The Bertz CT molecular complexity index is 1020. The van der Waals surface area contributed by atoms with Gasteiger partial charge in [0.15, 0.2) is 6.61 Å². The Morgan fingerprint density at radius 1 is 1.17 bits per heavy atom. The van der Waals surface area contributed by atoms with Gasteiger partial charge in [-0.25, -0.2) is 12.8 Å². The molecule has 0 bridgehead atoms. The van der Waals surface area contributed by atoms with E-state index in [1.54, 1.807) is 4.90 Å². The first-order valence-corrected chi connectivity index (χ1v) is 10.4. The molecule has 2 aromatic rings. The standard InChI is InChI=1S/C20H21FN2O5S/c1-14-11-15-5-3-4-6-18(15)23(14)19(24)13-28-20(25)12-22(2)29(26,27)17-9-7-16(21)8-10-17/h3-10,14H,11-13H2,1-2H3. The van der Waals surface area contributed by atoms with E-state index in [2.05, 4.69) is 0 Å². The largest absolute Gasteiger partial charge is 0.455 e. The number of halogens is 1. The smallest absolute Gasteiger partial charge is 0.321 e. The molecule has 1 unspecified atom stereocenters. The van der Waals surface area contributed by atoms with Crippen LogP contribution in [0.15, 0.2) is 53.4 Å². The molecule has 0 aliphatic carbocycles. The van der Waals surface area contributed by atoms with Crippen LogP contribution in [0.3, 0.4) is 0 Å². The van der Waals surface area contributed by atoms with Crippen LogP contribution in [0.1, 0.15) is 12.5 Å². The maximum absolute atomic E-state index is 13.0. The van der Waals surface area contributed by atoms with E-state index in [9.17, 15) is 22.4 Å². The van der Waals surface area contributed by atoms with E-state index in [1.165, 1.54) is 7.05 Å². The SMILES string of the molecule is CC1Cc2ccccc2N1C(=O)COC(=O)CN(C)S(=O)(=O)c1ccc(F)cc1. The first kappa shape index (κ1) is 20.9. The van der Waals surface area contributed by atoms with Gasteiger partial charge >= 0.3 is 5.97 Å². The molecule has 154 valence electrons. The van der Waals surface area contributed by atoms with Crippen LogP contribution in [0.2, 0.25) is 0 Å². The highest BCUT2D eigenvalue weighted by Crippen LogP contribution is 2.31. The van der Waals surface area contributed by atoms with Gasteiger partial charge in [0.1, 0.15) is 12.4 Å². The Morgan fingerprint density at radius 3 is 2.52 bits per heavy atom. The van der Waals surface area contributed by atoms with Crippen molar-refractivity contribution in [3.8, 4) is 0 Å². The molecule has 1 aliphatic heterocycles. The fourth-order valence-corrected chi connectivity index (χ4v) is 4.37. The summed E-state index contributed by atoms with van der Waals surface area (Å²) < 4.78 is 43.6. The molecular weight excluding hydrogens is 399 g/mol. The van der Waals surface area contributed by atoms with Crippen LogP contribution in [-0.2, 0) is 30.8 Å². The van der Waals surface area contributed by atoms with Crippen LogP contribution in [-0.4, -0.2) is 50.8 Å². The molecule has 9 heteroatoms. The van der Waals surface area contributed by atoms with E-state index in [1.807, 2.05) is 31.2 Å². The first-order valence-electron chi connectivity index (χ1n) is 8.97. The lowest BCUT2D eigenvalue weighted by Gasteiger charge is -2.23. The van der Waals surface area contributed by atoms with Gasteiger partial charge in [0.05, 0.1) is 4.90 Å². The van der Waals surface area contributed by atoms with Crippen molar-refractivity contribution in [2.24, 2.45) is 0 Å². The van der Waals surface area contributed by atoms with Crippen molar-refractivity contribution in [3.05, 3.63) is 59.9 Å². The summed E-state index contributed by atoms with van der Waals surface area (Å²) in [5, 5.41) is 0. The van der Waals surface area contributed by atoms with Crippen molar-refractivity contribution < 1.29 is 27.1 Å². The number of esters is 1. The zero-order valence-corrected chi connectivity index (χ0v) is 16.9. The van der Waals surface area contributed by atoms with Gasteiger partial charge in [-0.3, -0.25) is 9.59 Å². The summed E-state index contributed by atoms with van der Waals surface area (Å²) >= 11 is 0. The summed E-state index contributed by atoms with van der Waals surface area (Å²) in [6.45, 7) is 0.851. The molecule has 0 fully saturated rings. The molecule has 1 aliphatic rings. The summed E-state index contributed by atoms with van der Waals surface area (Å²) in [5.74, 6) is -1.80. The Balaban J connectivity index is 1.58. The molecule has 7 nitrogen and oxygen atoms in total. The van der Waals surface area contributed by atoms with Gasteiger partial charge in [-0.15, -0.1) is 0 Å². The lowest BCUT2D eigenvalue weighted by Crippen LogP contribution is -2.40. The Labute approximate surface area is 168 Å². The van der Waals surface area contributed by atoms with E-state index in [0.717, 1.165) is 39.8 Å². The maximum atomic E-state index is 13.0. The zero-order valence-electron chi connectivity index (χ0n) is 16.0. The number of hydrogen-bond acceptors (Lipinski definition) is 5. The Morgan fingerprint density at radius 2 is 1.83 bits per heavy atom. The van der Waals surface area contributed by atoms with E-state index in [0.29, 0.717) is 6.42 Å². The number of para-hydroxylation sites is 1. The number of benzene rings is 2. The van der Waals surface area contributed by atoms with Gasteiger partial charge in [-0.1, -0.05) is 18.2 Å². The van der Waals surface area contributed by atoms with Crippen molar-refractivity contribution in [1.29, 1.82) is 0 Å². The molecular formula is C20H21FN2O5S. The van der Waals surface area contributed by atoms with Crippen molar-refractivity contribution in [2.75, 3.05) is 25.1 Å². The average molecular weight is 420 g/mol. The van der Waals surface area contributed by atoms with Gasteiger partial charge < -0.3 is 9.64 Å². The number of nitrogens with zero attached hydrogens (tertiary/aromatic N) is 2. The van der Waals surface area contributed by atoms with E-state index >= 15 is 0 Å². The maximum Gasteiger partial charge on any atom is 0.321 e. The van der Waals surface area contributed by atoms with Crippen molar-refractivity contribution >= 4 is 27.6 Å². The number of ether oxygens (including phenoxy) is 1. The number of likely N-dealkylation sites (N-methyl/N-ethyl adjacent to an activating group) is 1. The Hall–Kier alpha value is -2.78. The molecule has 0 aromatic heterocycles. The van der Waals surface area contributed by atoms with E-state index in [-0.39, 0.29) is 16.8 Å². The van der Waals surface area contributed by atoms with E-state index in [4.69, 9.17) is 4.74 Å². The fourth-order valence-electron chi connectivity index (χ4n) is 3.26. The highest BCUT2D eigenvalue weighted by atomic mass is 32.2. The molecule has 2 aromatic carbocycles. The molecule has 1 atom stereocenters. The second-order valence-corrected chi connectivity index (χ2v) is 8.87. The molecule has 29 heavy (non-hydrogen) atoms. The minimum absolute atomic E-state index is 0.0554. The minimum Gasteiger partial charge on any atom is -0.455 e. The van der Waals surface area contributed by atoms with Crippen LogP contribution < -0.4 is 4.90 Å². The summed E-state index contributed by atoms with van der Waals surface area (Å²) in [6.07, 6.45) is 0.717. The molecule has 1 heterocycles. The zero-order chi connectivity index (χ0) is 21.2. The van der Waals surface area contributed by atoms with Crippen LogP contribution >= 0.6 is 0 Å². The number of rotatable bonds is 6. The van der Waals surface area contributed by atoms with Crippen LogP contribution in [0, 0.1) is 5.82 Å². The summed E-state index contributed by atoms with van der Waals surface area (Å²) in [7, 11) is -2.77. The monoisotopic (exact) mass is 420 g/mol. The summed E-state index contributed by atoms with van der Waals surface area (Å²) in [5.41, 5.74) is 1.84. The summed E-state index contributed by atoms with van der Waals surface area (Å²) in [4.78, 5) is 26.1. The lowest BCUT2D eigenvalue weighted by atomic mass is 10.1. The number of carbonyl (C=O) groups excluding carboxylic acids is 2. The number of hydrogen-bond donors (Lipinski definition) is 0. The molecule has 0 saturated heterocycles. The van der Waals surface area contributed by atoms with Gasteiger partial charge in [-0.05, 0) is 49.2 Å². The lowest BCUT2D eigenvalue weighted by molar-refractivity contribution is -0.147. The third kappa shape index (κ3) is 4.46. The minimum atomic E-state index is -3.98. The average Bonchev–Trinajstić information content (AvgIpc) is 3.02. The first-order chi connectivity index (χ1) is 13.7. The fraction of sp³-hybridized carbons (Fsp3) is 0.300. The van der Waals surface area contributed by atoms with E-state index < -0.39 is 35.0 Å².